The van der Waals surface area contributed by atoms with Crippen molar-refractivity contribution in [3.63, 3.8) is 0 Å². The third kappa shape index (κ3) is 2.67. The number of sulfonamides is 1. The highest BCUT2D eigenvalue weighted by Gasteiger charge is 2.39. The monoisotopic (exact) mass is 357 g/mol. The van der Waals surface area contributed by atoms with Crippen LogP contribution in [0.15, 0.2) is 29.2 Å². The zero-order chi connectivity index (χ0) is 15.9. The van der Waals surface area contributed by atoms with Gasteiger partial charge in [-0.15, -0.1) is 11.8 Å². The van der Waals surface area contributed by atoms with E-state index in [2.05, 4.69) is 10.2 Å². The molecular formula is C14H16ClN3O2S2. The fourth-order valence-corrected chi connectivity index (χ4v) is 6.43. The van der Waals surface area contributed by atoms with Crippen LogP contribution in [0.3, 0.4) is 0 Å². The number of halogens is 1. The number of aryl methyl sites for hydroxylation is 2. The second-order valence-electron chi connectivity index (χ2n) is 5.16. The first-order chi connectivity index (χ1) is 10.4. The summed E-state index contributed by atoms with van der Waals surface area (Å²) < 4.78 is 27.6. The van der Waals surface area contributed by atoms with Gasteiger partial charge >= 0.3 is 0 Å². The molecule has 5 nitrogen and oxygen atoms in total. The van der Waals surface area contributed by atoms with Gasteiger partial charge in [-0.05, 0) is 31.5 Å². The van der Waals surface area contributed by atoms with Crippen LogP contribution in [0.1, 0.15) is 22.3 Å². The van der Waals surface area contributed by atoms with E-state index in [0.717, 1.165) is 11.3 Å². The molecule has 0 amide bonds. The molecule has 0 saturated carbocycles. The number of nitrogens with zero attached hydrogens (tertiary/aromatic N) is 2. The quantitative estimate of drug-likeness (QED) is 0.916. The first kappa shape index (κ1) is 15.9. The van der Waals surface area contributed by atoms with Gasteiger partial charge in [0, 0.05) is 17.3 Å². The normalized spacial score (nSPS) is 19.7. The van der Waals surface area contributed by atoms with Crippen LogP contribution in [0, 0.1) is 13.8 Å². The van der Waals surface area contributed by atoms with Crippen LogP contribution in [-0.2, 0) is 10.0 Å². The highest BCUT2D eigenvalue weighted by molar-refractivity contribution is 8.01. The highest BCUT2D eigenvalue weighted by atomic mass is 35.5. The summed E-state index contributed by atoms with van der Waals surface area (Å²) in [6, 6.07) is 7.36. The van der Waals surface area contributed by atoms with Crippen LogP contribution in [0.2, 0.25) is 5.02 Å². The van der Waals surface area contributed by atoms with Crippen molar-refractivity contribution in [3.05, 3.63) is 46.2 Å². The molecule has 1 aliphatic rings. The minimum atomic E-state index is -3.59. The fraction of sp³-hybridized carbons (Fsp3) is 0.357. The van der Waals surface area contributed by atoms with E-state index in [1.54, 1.807) is 31.7 Å². The van der Waals surface area contributed by atoms with Crippen LogP contribution in [0.5, 0.6) is 0 Å². The SMILES string of the molecule is Cc1n[nH]c(C)c1S(=O)(=O)N1CCSC1c1cccc(Cl)c1. The number of benzene rings is 1. The molecule has 118 valence electrons. The molecule has 0 aliphatic carbocycles. The van der Waals surface area contributed by atoms with E-state index in [1.807, 2.05) is 18.2 Å². The Kier molecular flexibility index (Phi) is 4.24. The lowest BCUT2D eigenvalue weighted by molar-refractivity contribution is 0.433. The van der Waals surface area contributed by atoms with Gasteiger partial charge in [-0.2, -0.15) is 9.40 Å². The molecule has 1 N–H and O–H groups in total. The summed E-state index contributed by atoms with van der Waals surface area (Å²) in [6.45, 7) is 3.91. The Labute approximate surface area is 139 Å². The zero-order valence-electron chi connectivity index (χ0n) is 12.2. The lowest BCUT2D eigenvalue weighted by atomic mass is 10.2. The van der Waals surface area contributed by atoms with Gasteiger partial charge in [-0.1, -0.05) is 23.7 Å². The Hall–Kier alpha value is -1.02. The van der Waals surface area contributed by atoms with Crippen LogP contribution in [-0.4, -0.2) is 35.2 Å². The maximum absolute atomic E-state index is 13.0. The second kappa shape index (κ2) is 5.88. The number of aromatic nitrogens is 2. The van der Waals surface area contributed by atoms with E-state index >= 15 is 0 Å². The molecule has 0 radical (unpaired) electrons. The predicted molar refractivity (Wildman–Crippen MR) is 88.6 cm³/mol. The minimum Gasteiger partial charge on any atom is -0.281 e. The molecule has 1 aromatic carbocycles. The van der Waals surface area contributed by atoms with Gasteiger partial charge in [0.1, 0.15) is 4.90 Å². The van der Waals surface area contributed by atoms with E-state index in [9.17, 15) is 8.42 Å². The third-order valence-corrected chi connectivity index (χ3v) is 7.37. The largest absolute Gasteiger partial charge is 0.281 e. The summed E-state index contributed by atoms with van der Waals surface area (Å²) in [5, 5.41) is 7.11. The van der Waals surface area contributed by atoms with Crippen molar-refractivity contribution in [1.82, 2.24) is 14.5 Å². The maximum atomic E-state index is 13.0. The Bertz CT molecular complexity index is 785. The van der Waals surface area contributed by atoms with Crippen molar-refractivity contribution in [2.24, 2.45) is 0 Å². The minimum absolute atomic E-state index is 0.252. The molecule has 1 aromatic heterocycles. The Morgan fingerprint density at radius 2 is 2.18 bits per heavy atom. The Morgan fingerprint density at radius 1 is 1.41 bits per heavy atom. The summed E-state index contributed by atoms with van der Waals surface area (Å²) in [4.78, 5) is 0.280. The van der Waals surface area contributed by atoms with E-state index in [0.29, 0.717) is 23.0 Å². The van der Waals surface area contributed by atoms with E-state index in [-0.39, 0.29) is 10.3 Å². The van der Waals surface area contributed by atoms with Gasteiger partial charge < -0.3 is 0 Å². The topological polar surface area (TPSA) is 66.1 Å². The van der Waals surface area contributed by atoms with Gasteiger partial charge in [-0.25, -0.2) is 8.42 Å². The summed E-state index contributed by atoms with van der Waals surface area (Å²) in [7, 11) is -3.59. The molecule has 1 unspecified atom stereocenters. The van der Waals surface area contributed by atoms with E-state index in [1.165, 1.54) is 4.31 Å². The third-order valence-electron chi connectivity index (χ3n) is 3.61. The van der Waals surface area contributed by atoms with Crippen molar-refractivity contribution in [2.75, 3.05) is 12.3 Å². The summed E-state index contributed by atoms with van der Waals surface area (Å²) >= 11 is 7.65. The number of hydrogen-bond acceptors (Lipinski definition) is 4. The zero-order valence-corrected chi connectivity index (χ0v) is 14.6. The van der Waals surface area contributed by atoms with Crippen LogP contribution in [0.25, 0.3) is 0 Å². The molecule has 1 atom stereocenters. The van der Waals surface area contributed by atoms with Gasteiger partial charge in [0.25, 0.3) is 0 Å². The van der Waals surface area contributed by atoms with Crippen molar-refractivity contribution < 1.29 is 8.42 Å². The first-order valence-electron chi connectivity index (χ1n) is 6.82. The van der Waals surface area contributed by atoms with Crippen LogP contribution in [0.4, 0.5) is 0 Å². The van der Waals surface area contributed by atoms with Crippen molar-refractivity contribution in [2.45, 2.75) is 24.1 Å². The molecule has 8 heteroatoms. The first-order valence-corrected chi connectivity index (χ1v) is 9.68. The number of thioether (sulfide) groups is 1. The van der Waals surface area contributed by atoms with E-state index in [4.69, 9.17) is 11.6 Å². The summed E-state index contributed by atoms with van der Waals surface area (Å²) in [6.07, 6.45) is 0. The lowest BCUT2D eigenvalue weighted by Gasteiger charge is -2.23. The Balaban J connectivity index is 2.03. The molecule has 1 fully saturated rings. The lowest BCUT2D eigenvalue weighted by Crippen LogP contribution is -2.31. The Morgan fingerprint density at radius 3 is 2.82 bits per heavy atom. The smallest absolute Gasteiger partial charge is 0.248 e. The molecule has 0 bridgehead atoms. The summed E-state index contributed by atoms with van der Waals surface area (Å²) in [5.74, 6) is 0.756. The number of rotatable bonds is 3. The predicted octanol–water partition coefficient (Wildman–Crippen LogP) is 3.12. The van der Waals surface area contributed by atoms with Crippen molar-refractivity contribution >= 4 is 33.4 Å². The average Bonchev–Trinajstić information content (AvgIpc) is 3.06. The van der Waals surface area contributed by atoms with E-state index < -0.39 is 10.0 Å². The fourth-order valence-electron chi connectivity index (χ4n) is 2.66. The molecule has 1 saturated heterocycles. The summed E-state index contributed by atoms with van der Waals surface area (Å²) in [5.41, 5.74) is 1.97. The van der Waals surface area contributed by atoms with Gasteiger partial charge in [0.2, 0.25) is 10.0 Å². The number of aromatic amines is 1. The van der Waals surface area contributed by atoms with Gasteiger partial charge in [-0.3, -0.25) is 5.10 Å². The van der Waals surface area contributed by atoms with Crippen LogP contribution < -0.4 is 0 Å². The molecule has 2 aromatic rings. The maximum Gasteiger partial charge on any atom is 0.248 e. The van der Waals surface area contributed by atoms with Crippen molar-refractivity contribution in [1.29, 1.82) is 0 Å². The molecule has 0 spiro atoms. The molecule has 2 heterocycles. The second-order valence-corrected chi connectivity index (χ2v) is 8.61. The number of nitrogens with one attached hydrogen (secondary N) is 1. The number of hydrogen-bond donors (Lipinski definition) is 1. The number of H-pyrrole nitrogens is 1. The molecule has 22 heavy (non-hydrogen) atoms. The highest BCUT2D eigenvalue weighted by Crippen LogP contribution is 2.42. The van der Waals surface area contributed by atoms with Gasteiger partial charge in [0.15, 0.2) is 0 Å². The van der Waals surface area contributed by atoms with Gasteiger partial charge in [0.05, 0.1) is 16.8 Å². The average molecular weight is 358 g/mol. The molecule has 1 aliphatic heterocycles. The molecular weight excluding hydrogens is 342 g/mol. The van der Waals surface area contributed by atoms with Crippen molar-refractivity contribution in [3.8, 4) is 0 Å². The standard InChI is InChI=1S/C14H16ClN3O2S2/c1-9-13(10(2)17-16-9)22(19,20)18-6-7-21-14(18)11-4-3-5-12(15)8-11/h3-5,8,14H,6-7H2,1-2H3,(H,16,17). The van der Waals surface area contributed by atoms with Crippen LogP contribution >= 0.6 is 23.4 Å². The molecule has 3 rings (SSSR count).